The first-order valence-electron chi connectivity index (χ1n) is 3.11. The van der Waals surface area contributed by atoms with Crippen molar-refractivity contribution < 1.29 is 4.84 Å². The van der Waals surface area contributed by atoms with Gasteiger partial charge in [0.05, 0.1) is 0 Å². The Morgan fingerprint density at radius 3 is 2.82 bits per heavy atom. The molecule has 1 heterocycles. The molecule has 0 aliphatic heterocycles. The normalized spacial score (nSPS) is 9.36. The van der Waals surface area contributed by atoms with Crippen molar-refractivity contribution in [1.29, 1.82) is 0 Å². The Morgan fingerprint density at radius 1 is 1.55 bits per heavy atom. The largest absolute Gasteiger partial charge is 0.391 e. The van der Waals surface area contributed by atoms with Gasteiger partial charge in [-0.05, 0) is 0 Å². The maximum absolute atomic E-state index is 4.91. The van der Waals surface area contributed by atoms with E-state index in [1.54, 1.807) is 17.2 Å². The van der Waals surface area contributed by atoms with Crippen LogP contribution in [0.15, 0.2) is 12.3 Å². The Kier molecular flexibility index (Phi) is 2.22. The molecule has 11 heavy (non-hydrogen) atoms. The summed E-state index contributed by atoms with van der Waals surface area (Å²) >= 11 is 0. The molecule has 0 atom stereocenters. The highest BCUT2D eigenvalue weighted by Crippen LogP contribution is 2.07. The van der Waals surface area contributed by atoms with E-state index in [0.29, 0.717) is 11.8 Å². The summed E-state index contributed by atoms with van der Waals surface area (Å²) in [6.07, 6.45) is 1.59. The topological polar surface area (TPSA) is 64.3 Å². The van der Waals surface area contributed by atoms with Gasteiger partial charge in [0.2, 0.25) is 11.8 Å². The summed E-state index contributed by atoms with van der Waals surface area (Å²) in [4.78, 5) is 14.1. The summed E-state index contributed by atoms with van der Waals surface area (Å²) in [5.74, 6) is 5.85. The van der Waals surface area contributed by atoms with E-state index < -0.39 is 0 Å². The first kappa shape index (κ1) is 7.74. The summed E-state index contributed by atoms with van der Waals surface area (Å²) in [6.45, 7) is 0. The maximum atomic E-state index is 4.91. The number of nitrogens with zero attached hydrogens (tertiary/aromatic N) is 3. The van der Waals surface area contributed by atoms with Crippen molar-refractivity contribution in [2.45, 2.75) is 0 Å². The van der Waals surface area contributed by atoms with Crippen molar-refractivity contribution >= 4 is 5.95 Å². The molecule has 0 fully saturated rings. The van der Waals surface area contributed by atoms with Crippen LogP contribution in [0.1, 0.15) is 0 Å². The molecular formula is C6H10N4O. The highest BCUT2D eigenvalue weighted by Gasteiger charge is 1.99. The second-order valence-corrected chi connectivity index (χ2v) is 2.21. The zero-order valence-corrected chi connectivity index (χ0v) is 6.48. The molecule has 0 aliphatic carbocycles. The van der Waals surface area contributed by atoms with Gasteiger partial charge >= 0.3 is 0 Å². The summed E-state index contributed by atoms with van der Waals surface area (Å²) in [7, 11) is 3.69. The summed E-state index contributed by atoms with van der Waals surface area (Å²) in [6, 6.07) is 1.59. The first-order chi connectivity index (χ1) is 5.24. The lowest BCUT2D eigenvalue weighted by Crippen LogP contribution is -2.13. The summed E-state index contributed by atoms with van der Waals surface area (Å²) < 4.78 is 0. The molecule has 5 nitrogen and oxygen atoms in total. The lowest BCUT2D eigenvalue weighted by Gasteiger charge is -2.09. The van der Waals surface area contributed by atoms with Crippen molar-refractivity contribution in [1.82, 2.24) is 9.97 Å². The smallest absolute Gasteiger partial charge is 0.242 e. The van der Waals surface area contributed by atoms with E-state index in [2.05, 4.69) is 14.8 Å². The van der Waals surface area contributed by atoms with E-state index >= 15 is 0 Å². The molecule has 1 rings (SSSR count). The average Bonchev–Trinajstić information content (AvgIpc) is 2.05. The molecule has 2 N–H and O–H groups in total. The minimum atomic E-state index is 0.365. The molecule has 1 aromatic heterocycles. The molecule has 0 saturated carbocycles. The average molecular weight is 154 g/mol. The Morgan fingerprint density at radius 2 is 2.27 bits per heavy atom. The predicted octanol–water partition coefficient (Wildman–Crippen LogP) is -0.205. The van der Waals surface area contributed by atoms with Crippen LogP contribution in [0.2, 0.25) is 0 Å². The fourth-order valence-corrected chi connectivity index (χ4v) is 0.613. The number of aromatic nitrogens is 2. The number of rotatable bonds is 2. The Balaban J connectivity index is 2.91. The first-order valence-corrected chi connectivity index (χ1v) is 3.11. The van der Waals surface area contributed by atoms with Gasteiger partial charge in [0.1, 0.15) is 0 Å². The van der Waals surface area contributed by atoms with Crippen LogP contribution in [-0.2, 0) is 0 Å². The van der Waals surface area contributed by atoms with Crippen molar-refractivity contribution in [2.75, 3.05) is 19.0 Å². The van der Waals surface area contributed by atoms with Crippen LogP contribution in [0.25, 0.3) is 0 Å². The highest BCUT2D eigenvalue weighted by molar-refractivity contribution is 5.28. The molecule has 60 valence electrons. The SMILES string of the molecule is CN(C)c1nccc(ON)n1. The molecule has 0 saturated heterocycles. The highest BCUT2D eigenvalue weighted by atomic mass is 16.6. The zero-order valence-electron chi connectivity index (χ0n) is 6.48. The maximum Gasteiger partial charge on any atom is 0.242 e. The van der Waals surface area contributed by atoms with Gasteiger partial charge in [0, 0.05) is 26.4 Å². The Bertz CT molecular complexity index is 238. The van der Waals surface area contributed by atoms with Crippen LogP contribution in [0.5, 0.6) is 5.88 Å². The van der Waals surface area contributed by atoms with Crippen LogP contribution >= 0.6 is 0 Å². The Labute approximate surface area is 64.8 Å². The van der Waals surface area contributed by atoms with Crippen molar-refractivity contribution in [3.63, 3.8) is 0 Å². The molecule has 0 aliphatic rings. The van der Waals surface area contributed by atoms with Crippen LogP contribution in [-0.4, -0.2) is 24.1 Å². The molecule has 0 amide bonds. The third-order valence-electron chi connectivity index (χ3n) is 1.14. The molecule has 0 aromatic carbocycles. The standard InChI is InChI=1S/C6H10N4O/c1-10(2)6-8-4-3-5(9-6)11-7/h3-4H,7H2,1-2H3. The second kappa shape index (κ2) is 3.16. The third kappa shape index (κ3) is 1.78. The third-order valence-corrected chi connectivity index (χ3v) is 1.14. The van der Waals surface area contributed by atoms with Crippen LogP contribution in [0, 0.1) is 0 Å². The van der Waals surface area contributed by atoms with E-state index in [9.17, 15) is 0 Å². The fraction of sp³-hybridized carbons (Fsp3) is 0.333. The van der Waals surface area contributed by atoms with E-state index in [4.69, 9.17) is 5.90 Å². The summed E-state index contributed by atoms with van der Waals surface area (Å²) in [5, 5.41) is 0. The van der Waals surface area contributed by atoms with Gasteiger partial charge < -0.3 is 9.74 Å². The van der Waals surface area contributed by atoms with Gasteiger partial charge in [-0.3, -0.25) is 0 Å². The molecular weight excluding hydrogens is 144 g/mol. The van der Waals surface area contributed by atoms with Crippen molar-refractivity contribution in [3.05, 3.63) is 12.3 Å². The van der Waals surface area contributed by atoms with Gasteiger partial charge in [-0.1, -0.05) is 0 Å². The fourth-order valence-electron chi connectivity index (χ4n) is 0.613. The van der Waals surface area contributed by atoms with Crippen molar-refractivity contribution in [2.24, 2.45) is 5.90 Å². The van der Waals surface area contributed by atoms with Crippen LogP contribution < -0.4 is 15.6 Å². The van der Waals surface area contributed by atoms with Gasteiger partial charge in [0.15, 0.2) is 0 Å². The lowest BCUT2D eigenvalue weighted by molar-refractivity contribution is 0.320. The monoisotopic (exact) mass is 154 g/mol. The van der Waals surface area contributed by atoms with Crippen molar-refractivity contribution in [3.8, 4) is 5.88 Å². The minimum absolute atomic E-state index is 0.365. The van der Waals surface area contributed by atoms with E-state index in [1.807, 2.05) is 14.1 Å². The molecule has 0 bridgehead atoms. The van der Waals surface area contributed by atoms with Crippen LogP contribution in [0.3, 0.4) is 0 Å². The van der Waals surface area contributed by atoms with Gasteiger partial charge in [-0.15, -0.1) is 0 Å². The van der Waals surface area contributed by atoms with Crippen LogP contribution in [0.4, 0.5) is 5.95 Å². The Hall–Kier alpha value is -1.36. The van der Waals surface area contributed by atoms with Gasteiger partial charge in [-0.25, -0.2) is 4.98 Å². The molecule has 1 aromatic rings. The molecule has 0 radical (unpaired) electrons. The van der Waals surface area contributed by atoms with Gasteiger partial charge in [-0.2, -0.15) is 10.9 Å². The number of nitrogens with two attached hydrogens (primary N) is 1. The minimum Gasteiger partial charge on any atom is -0.391 e. The lowest BCUT2D eigenvalue weighted by atomic mass is 10.6. The second-order valence-electron chi connectivity index (χ2n) is 2.21. The molecule has 5 heteroatoms. The predicted molar refractivity (Wildman–Crippen MR) is 41.2 cm³/mol. The van der Waals surface area contributed by atoms with Gasteiger partial charge in [0.25, 0.3) is 0 Å². The quantitative estimate of drug-likeness (QED) is 0.597. The zero-order chi connectivity index (χ0) is 8.27. The molecule has 0 spiro atoms. The molecule has 0 unspecified atom stereocenters. The van der Waals surface area contributed by atoms with E-state index in [0.717, 1.165) is 0 Å². The number of hydrogen-bond acceptors (Lipinski definition) is 5. The number of hydrogen-bond donors (Lipinski definition) is 1. The van der Waals surface area contributed by atoms with E-state index in [1.165, 1.54) is 0 Å². The van der Waals surface area contributed by atoms with E-state index in [-0.39, 0.29) is 0 Å². The summed E-state index contributed by atoms with van der Waals surface area (Å²) in [5.41, 5.74) is 0. The number of anilines is 1.